The van der Waals surface area contributed by atoms with Gasteiger partial charge in [-0.15, -0.1) is 0 Å². The maximum absolute atomic E-state index is 13.0. The Balaban J connectivity index is 1.97. The van der Waals surface area contributed by atoms with Gasteiger partial charge in [-0.05, 0) is 54.8 Å². The van der Waals surface area contributed by atoms with E-state index >= 15 is 0 Å². The van der Waals surface area contributed by atoms with E-state index in [1.807, 2.05) is 42.9 Å². The van der Waals surface area contributed by atoms with Crippen LogP contribution in [0, 0.1) is 0 Å². The smallest absolute Gasteiger partial charge is 0.328 e. The molecule has 2 heterocycles. The van der Waals surface area contributed by atoms with Crippen LogP contribution < -0.4 is 5.32 Å². The first-order valence-corrected chi connectivity index (χ1v) is 10.7. The molecule has 1 amide bonds. The van der Waals surface area contributed by atoms with Gasteiger partial charge in [-0.25, -0.2) is 9.48 Å². The van der Waals surface area contributed by atoms with Gasteiger partial charge in [0.1, 0.15) is 11.6 Å². The van der Waals surface area contributed by atoms with Crippen LogP contribution in [0.5, 0.6) is 0 Å². The first-order chi connectivity index (χ1) is 14.0. The van der Waals surface area contributed by atoms with Crippen molar-refractivity contribution in [2.75, 3.05) is 19.1 Å². The summed E-state index contributed by atoms with van der Waals surface area (Å²) in [6, 6.07) is 10.1. The summed E-state index contributed by atoms with van der Waals surface area (Å²) in [4.78, 5) is 25.1. The van der Waals surface area contributed by atoms with Crippen LogP contribution in [0.4, 0.5) is 0 Å². The highest BCUT2D eigenvalue weighted by Crippen LogP contribution is 2.21. The minimum Gasteiger partial charge on any atom is -0.467 e. The highest BCUT2D eigenvalue weighted by Gasteiger charge is 2.26. The van der Waals surface area contributed by atoms with Crippen molar-refractivity contribution < 1.29 is 14.3 Å². The van der Waals surface area contributed by atoms with E-state index in [2.05, 4.69) is 10.4 Å². The van der Waals surface area contributed by atoms with E-state index in [-0.39, 0.29) is 0 Å². The highest BCUT2D eigenvalue weighted by atomic mass is 35.5. The van der Waals surface area contributed by atoms with Crippen LogP contribution in [-0.4, -0.2) is 51.4 Å². The molecule has 9 heteroatoms. The number of hydrogen-bond donors (Lipinski definition) is 1. The summed E-state index contributed by atoms with van der Waals surface area (Å²) >= 11 is 7.59. The zero-order chi connectivity index (χ0) is 20.8. The molecule has 3 rings (SSSR count). The molecule has 0 spiro atoms. The number of esters is 1. The molecule has 0 unspecified atom stereocenters. The Bertz CT molecular complexity index is 970. The van der Waals surface area contributed by atoms with Crippen molar-refractivity contribution in [1.82, 2.24) is 19.7 Å². The zero-order valence-corrected chi connectivity index (χ0v) is 17.6. The number of hydrogen-bond acceptors (Lipinski definition) is 5. The van der Waals surface area contributed by atoms with Gasteiger partial charge in [0.2, 0.25) is 0 Å². The lowest BCUT2D eigenvalue weighted by Crippen LogP contribution is -2.42. The van der Waals surface area contributed by atoms with Gasteiger partial charge in [0.25, 0.3) is 5.91 Å². The Hall–Kier alpha value is -2.71. The summed E-state index contributed by atoms with van der Waals surface area (Å²) < 4.78 is 8.28. The van der Waals surface area contributed by atoms with E-state index in [1.54, 1.807) is 33.1 Å². The number of benzene rings is 1. The lowest BCUT2D eigenvalue weighted by atomic mass is 10.2. The Labute approximate surface area is 178 Å². The van der Waals surface area contributed by atoms with Crippen LogP contribution in [0.1, 0.15) is 16.8 Å². The Morgan fingerprint density at radius 1 is 1.24 bits per heavy atom. The lowest BCUT2D eigenvalue weighted by Gasteiger charge is -2.16. The molecule has 0 radical (unpaired) electrons. The van der Waals surface area contributed by atoms with Gasteiger partial charge >= 0.3 is 5.97 Å². The number of amides is 1. The summed E-state index contributed by atoms with van der Waals surface area (Å²) in [7, 11) is 1.31. The molecule has 152 valence electrons. The summed E-state index contributed by atoms with van der Waals surface area (Å²) in [5.41, 5.74) is 1.10. The Kier molecular flexibility index (Phi) is 7.00. The normalized spacial score (nSPS) is 11.8. The lowest BCUT2D eigenvalue weighted by molar-refractivity contribution is -0.142. The topological polar surface area (TPSA) is 78.2 Å². The minimum absolute atomic E-state index is 0.342. The average molecular weight is 433 g/mol. The van der Waals surface area contributed by atoms with E-state index in [4.69, 9.17) is 16.3 Å². The second-order valence-corrected chi connectivity index (χ2v) is 7.61. The van der Waals surface area contributed by atoms with Crippen molar-refractivity contribution in [3.05, 3.63) is 65.6 Å². The van der Waals surface area contributed by atoms with Crippen molar-refractivity contribution in [2.45, 2.75) is 12.5 Å². The maximum atomic E-state index is 13.0. The van der Waals surface area contributed by atoms with Gasteiger partial charge in [-0.3, -0.25) is 4.79 Å². The van der Waals surface area contributed by atoms with E-state index in [0.717, 1.165) is 5.69 Å². The van der Waals surface area contributed by atoms with Crippen LogP contribution in [0.3, 0.4) is 0 Å². The molecule has 0 saturated carbocycles. The van der Waals surface area contributed by atoms with E-state index in [0.29, 0.717) is 28.6 Å². The molecule has 0 aliphatic rings. The van der Waals surface area contributed by atoms with Crippen molar-refractivity contribution in [3.63, 3.8) is 0 Å². The first kappa shape index (κ1) is 21.0. The third-order valence-electron chi connectivity index (χ3n) is 4.31. The highest BCUT2D eigenvalue weighted by molar-refractivity contribution is 7.98. The summed E-state index contributed by atoms with van der Waals surface area (Å²) in [5, 5.41) is 7.79. The molecule has 0 bridgehead atoms. The van der Waals surface area contributed by atoms with E-state index in [1.165, 1.54) is 13.3 Å². The predicted octanol–water partition coefficient (Wildman–Crippen LogP) is 3.34. The standard InChI is InChI=1S/C20H21ClN4O3S/c1-28-20(27)17(9-12-29-2)23-18(26)16-13-22-25(15-7-5-14(21)6-8-15)19(16)24-10-3-4-11-24/h3-8,10-11,13,17H,9,12H2,1-2H3,(H,23,26)/t17-/m1/s1. The molecule has 1 atom stereocenters. The van der Waals surface area contributed by atoms with Crippen molar-refractivity contribution in [1.29, 1.82) is 0 Å². The van der Waals surface area contributed by atoms with Gasteiger partial charge in [-0.1, -0.05) is 11.6 Å². The number of aromatic nitrogens is 3. The fourth-order valence-corrected chi connectivity index (χ4v) is 3.46. The second-order valence-electron chi connectivity index (χ2n) is 6.19. The molecule has 3 aromatic rings. The van der Waals surface area contributed by atoms with Crippen LogP contribution in [0.15, 0.2) is 55.0 Å². The molecule has 0 saturated heterocycles. The van der Waals surface area contributed by atoms with Gasteiger partial charge in [-0.2, -0.15) is 16.9 Å². The maximum Gasteiger partial charge on any atom is 0.328 e. The fourth-order valence-electron chi connectivity index (χ4n) is 2.86. The monoisotopic (exact) mass is 432 g/mol. The molecule has 29 heavy (non-hydrogen) atoms. The predicted molar refractivity (Wildman–Crippen MR) is 114 cm³/mol. The Morgan fingerprint density at radius 2 is 1.93 bits per heavy atom. The van der Waals surface area contributed by atoms with Crippen molar-refractivity contribution in [2.24, 2.45) is 0 Å². The molecular formula is C20H21ClN4O3S. The number of carbonyl (C=O) groups excluding carboxylic acids is 2. The number of halogens is 1. The molecule has 7 nitrogen and oxygen atoms in total. The molecular weight excluding hydrogens is 412 g/mol. The molecule has 0 aliphatic carbocycles. The summed E-state index contributed by atoms with van der Waals surface area (Å²) in [6.07, 6.45) is 7.56. The van der Waals surface area contributed by atoms with Crippen LogP contribution in [0.25, 0.3) is 11.5 Å². The van der Waals surface area contributed by atoms with E-state index in [9.17, 15) is 9.59 Å². The van der Waals surface area contributed by atoms with Crippen molar-refractivity contribution >= 4 is 35.2 Å². The molecule has 1 N–H and O–H groups in total. The number of rotatable bonds is 8. The molecule has 1 aromatic carbocycles. The largest absolute Gasteiger partial charge is 0.467 e. The zero-order valence-electron chi connectivity index (χ0n) is 16.0. The fraction of sp³-hybridized carbons (Fsp3) is 0.250. The Morgan fingerprint density at radius 3 is 2.55 bits per heavy atom. The number of nitrogens with zero attached hydrogens (tertiary/aromatic N) is 3. The van der Waals surface area contributed by atoms with Crippen LogP contribution in [0.2, 0.25) is 5.02 Å². The number of methoxy groups -OCH3 is 1. The molecule has 0 aliphatic heterocycles. The SMILES string of the molecule is COC(=O)[C@@H](CCSC)NC(=O)c1cnn(-c2ccc(Cl)cc2)c1-n1cccc1. The molecule has 0 fully saturated rings. The van der Waals surface area contributed by atoms with Crippen LogP contribution in [-0.2, 0) is 9.53 Å². The number of ether oxygens (including phenoxy) is 1. The third kappa shape index (κ3) is 4.83. The van der Waals surface area contributed by atoms with Gasteiger partial charge in [0.05, 0.1) is 19.0 Å². The number of thioether (sulfide) groups is 1. The quantitative estimate of drug-likeness (QED) is 0.552. The van der Waals surface area contributed by atoms with Gasteiger partial charge < -0.3 is 14.6 Å². The number of nitrogens with one attached hydrogen (secondary N) is 1. The summed E-state index contributed by atoms with van der Waals surface area (Å²) in [6.45, 7) is 0. The van der Waals surface area contributed by atoms with E-state index < -0.39 is 17.9 Å². The first-order valence-electron chi connectivity index (χ1n) is 8.90. The summed E-state index contributed by atoms with van der Waals surface area (Å²) in [5.74, 6) is 0.405. The number of carbonyl (C=O) groups is 2. The minimum atomic E-state index is -0.726. The van der Waals surface area contributed by atoms with Crippen LogP contribution >= 0.6 is 23.4 Å². The van der Waals surface area contributed by atoms with Gasteiger partial charge in [0, 0.05) is 17.4 Å². The molecule has 2 aromatic heterocycles. The van der Waals surface area contributed by atoms with Gasteiger partial charge in [0.15, 0.2) is 5.82 Å². The second kappa shape index (κ2) is 9.67. The average Bonchev–Trinajstić information content (AvgIpc) is 3.40. The third-order valence-corrected chi connectivity index (χ3v) is 5.21. The van der Waals surface area contributed by atoms with Crippen molar-refractivity contribution in [3.8, 4) is 11.5 Å².